The van der Waals surface area contributed by atoms with Crippen LogP contribution >= 0.6 is 11.6 Å². The Morgan fingerprint density at radius 1 is 1.46 bits per heavy atom. The lowest BCUT2D eigenvalue weighted by Gasteiger charge is -1.93. The van der Waals surface area contributed by atoms with E-state index in [1.807, 2.05) is 0 Å². The fourth-order valence-electron chi connectivity index (χ4n) is 1.24. The summed E-state index contributed by atoms with van der Waals surface area (Å²) in [7, 11) is 0. The molecular formula is C10H8ClFO. The second kappa shape index (κ2) is 3.04. The molecule has 1 atom stereocenters. The largest absolute Gasteiger partial charge is 0.456 e. The van der Waals surface area contributed by atoms with E-state index in [2.05, 4.69) is 0 Å². The van der Waals surface area contributed by atoms with E-state index in [0.717, 1.165) is 5.39 Å². The second-order valence-corrected chi connectivity index (χ2v) is 3.58. The Morgan fingerprint density at radius 3 is 2.85 bits per heavy atom. The first-order valence-electron chi connectivity index (χ1n) is 4.00. The van der Waals surface area contributed by atoms with Crippen LogP contribution in [-0.2, 0) is 0 Å². The van der Waals surface area contributed by atoms with Gasteiger partial charge in [-0.25, -0.2) is 4.39 Å². The van der Waals surface area contributed by atoms with Crippen molar-refractivity contribution in [1.29, 1.82) is 0 Å². The molecule has 1 unspecified atom stereocenters. The first kappa shape index (κ1) is 8.57. The third kappa shape index (κ3) is 1.42. The number of benzene rings is 1. The summed E-state index contributed by atoms with van der Waals surface area (Å²) in [5.74, 6) is 0.253. The first-order valence-corrected chi connectivity index (χ1v) is 4.44. The summed E-state index contributed by atoms with van der Waals surface area (Å²) in [6.45, 7) is 1.79. The Balaban J connectivity index is 2.68. The van der Waals surface area contributed by atoms with Crippen molar-refractivity contribution in [1.82, 2.24) is 0 Å². The van der Waals surface area contributed by atoms with Gasteiger partial charge in [-0.2, -0.15) is 0 Å². The molecule has 0 aliphatic rings. The highest BCUT2D eigenvalue weighted by Crippen LogP contribution is 2.28. The number of rotatable bonds is 1. The van der Waals surface area contributed by atoms with Gasteiger partial charge < -0.3 is 4.42 Å². The minimum absolute atomic E-state index is 0.230. The molecule has 1 aromatic carbocycles. The van der Waals surface area contributed by atoms with Crippen molar-refractivity contribution in [3.8, 4) is 0 Å². The summed E-state index contributed by atoms with van der Waals surface area (Å²) in [6, 6.07) is 6.57. The Hall–Kier alpha value is -1.02. The predicted molar refractivity (Wildman–Crippen MR) is 50.4 cm³/mol. The molecule has 3 heteroatoms. The van der Waals surface area contributed by atoms with Gasteiger partial charge >= 0.3 is 0 Å². The van der Waals surface area contributed by atoms with Gasteiger partial charge in [0.05, 0.1) is 5.38 Å². The molecule has 0 fully saturated rings. The highest BCUT2D eigenvalue weighted by atomic mass is 35.5. The van der Waals surface area contributed by atoms with Crippen LogP contribution in [-0.4, -0.2) is 0 Å². The third-order valence-electron chi connectivity index (χ3n) is 1.91. The van der Waals surface area contributed by atoms with Crippen molar-refractivity contribution in [2.24, 2.45) is 0 Å². The first-order chi connectivity index (χ1) is 6.18. The Morgan fingerprint density at radius 2 is 2.23 bits per heavy atom. The van der Waals surface area contributed by atoms with Gasteiger partial charge in [-0.1, -0.05) is 12.1 Å². The van der Waals surface area contributed by atoms with E-state index in [1.54, 1.807) is 25.1 Å². The van der Waals surface area contributed by atoms with E-state index in [0.29, 0.717) is 5.76 Å². The fourth-order valence-corrected chi connectivity index (χ4v) is 1.35. The minimum Gasteiger partial charge on any atom is -0.456 e. The molecule has 0 spiro atoms. The molecule has 0 saturated heterocycles. The number of furan rings is 1. The zero-order chi connectivity index (χ0) is 9.42. The van der Waals surface area contributed by atoms with E-state index >= 15 is 0 Å². The van der Waals surface area contributed by atoms with Crippen molar-refractivity contribution in [3.05, 3.63) is 35.8 Å². The summed E-state index contributed by atoms with van der Waals surface area (Å²) in [5, 5.41) is 0.523. The molecule has 0 amide bonds. The van der Waals surface area contributed by atoms with E-state index in [1.165, 1.54) is 6.07 Å². The van der Waals surface area contributed by atoms with E-state index in [9.17, 15) is 4.39 Å². The van der Waals surface area contributed by atoms with Gasteiger partial charge in [0.1, 0.15) is 5.76 Å². The highest BCUT2D eigenvalue weighted by molar-refractivity contribution is 6.20. The van der Waals surface area contributed by atoms with Gasteiger partial charge in [0.25, 0.3) is 0 Å². The molecule has 13 heavy (non-hydrogen) atoms. The van der Waals surface area contributed by atoms with Crippen LogP contribution in [0, 0.1) is 5.82 Å². The predicted octanol–water partition coefficient (Wildman–Crippen LogP) is 3.87. The highest BCUT2D eigenvalue weighted by Gasteiger charge is 2.10. The van der Waals surface area contributed by atoms with Crippen molar-refractivity contribution in [2.75, 3.05) is 0 Å². The smallest absolute Gasteiger partial charge is 0.169 e. The quantitative estimate of drug-likeness (QED) is 0.634. The number of halogens is 2. The fraction of sp³-hybridized carbons (Fsp3) is 0.200. The Kier molecular flexibility index (Phi) is 2.00. The van der Waals surface area contributed by atoms with Crippen LogP contribution in [0.1, 0.15) is 18.1 Å². The third-order valence-corrected chi connectivity index (χ3v) is 2.12. The number of alkyl halides is 1. The molecule has 1 heterocycles. The average Bonchev–Trinajstić information content (AvgIpc) is 2.49. The second-order valence-electron chi connectivity index (χ2n) is 2.92. The normalized spacial score (nSPS) is 13.5. The zero-order valence-corrected chi connectivity index (χ0v) is 7.81. The van der Waals surface area contributed by atoms with E-state index in [4.69, 9.17) is 16.0 Å². The molecular weight excluding hydrogens is 191 g/mol. The monoisotopic (exact) mass is 198 g/mol. The van der Waals surface area contributed by atoms with Crippen LogP contribution in [0.2, 0.25) is 0 Å². The van der Waals surface area contributed by atoms with Crippen LogP contribution in [0.5, 0.6) is 0 Å². The van der Waals surface area contributed by atoms with Gasteiger partial charge in [0.2, 0.25) is 0 Å². The summed E-state index contributed by atoms with van der Waals surface area (Å²) in [6.07, 6.45) is 0. The Labute approximate surface area is 80.1 Å². The summed E-state index contributed by atoms with van der Waals surface area (Å²) in [5.41, 5.74) is 0.282. The summed E-state index contributed by atoms with van der Waals surface area (Å²) >= 11 is 5.81. The van der Waals surface area contributed by atoms with Crippen molar-refractivity contribution in [3.63, 3.8) is 0 Å². The van der Waals surface area contributed by atoms with Gasteiger partial charge in [-0.05, 0) is 19.1 Å². The SMILES string of the molecule is CC(Cl)c1cc2cccc(F)c2o1. The molecule has 2 aromatic rings. The Bertz CT molecular complexity index is 433. The van der Waals surface area contributed by atoms with E-state index < -0.39 is 0 Å². The van der Waals surface area contributed by atoms with Gasteiger partial charge in [0.15, 0.2) is 11.4 Å². The topological polar surface area (TPSA) is 13.1 Å². The maximum atomic E-state index is 13.1. The number of hydrogen-bond acceptors (Lipinski definition) is 1. The lowest BCUT2D eigenvalue weighted by Crippen LogP contribution is -1.76. The van der Waals surface area contributed by atoms with Crippen LogP contribution in [0.4, 0.5) is 4.39 Å². The van der Waals surface area contributed by atoms with E-state index in [-0.39, 0.29) is 16.8 Å². The summed E-state index contributed by atoms with van der Waals surface area (Å²) < 4.78 is 18.4. The molecule has 1 aromatic heterocycles. The number of para-hydroxylation sites is 1. The van der Waals surface area contributed by atoms with Crippen LogP contribution in [0.3, 0.4) is 0 Å². The van der Waals surface area contributed by atoms with Crippen molar-refractivity contribution >= 4 is 22.6 Å². The van der Waals surface area contributed by atoms with Gasteiger partial charge in [-0.3, -0.25) is 0 Å². The maximum Gasteiger partial charge on any atom is 0.169 e. The standard InChI is InChI=1S/C10H8ClFO/c1-6(11)9-5-7-3-2-4-8(12)10(7)13-9/h2-6H,1H3. The molecule has 68 valence electrons. The number of fused-ring (bicyclic) bond motifs is 1. The maximum absolute atomic E-state index is 13.1. The van der Waals surface area contributed by atoms with Gasteiger partial charge in [0, 0.05) is 5.39 Å². The van der Waals surface area contributed by atoms with Gasteiger partial charge in [-0.15, -0.1) is 11.6 Å². The molecule has 0 radical (unpaired) electrons. The minimum atomic E-state index is -0.346. The molecule has 1 nitrogen and oxygen atoms in total. The molecule has 0 saturated carbocycles. The zero-order valence-electron chi connectivity index (χ0n) is 7.05. The van der Waals surface area contributed by atoms with Crippen molar-refractivity contribution in [2.45, 2.75) is 12.3 Å². The van der Waals surface area contributed by atoms with Crippen LogP contribution < -0.4 is 0 Å². The molecule has 0 N–H and O–H groups in total. The average molecular weight is 199 g/mol. The lowest BCUT2D eigenvalue weighted by atomic mass is 10.2. The molecule has 0 aliphatic heterocycles. The molecule has 0 aliphatic carbocycles. The molecule has 2 rings (SSSR count). The van der Waals surface area contributed by atoms with Crippen molar-refractivity contribution < 1.29 is 8.81 Å². The molecule has 0 bridgehead atoms. The van der Waals surface area contributed by atoms with Crippen LogP contribution in [0.25, 0.3) is 11.0 Å². The number of hydrogen-bond donors (Lipinski definition) is 0. The summed E-state index contributed by atoms with van der Waals surface area (Å²) in [4.78, 5) is 0. The van der Waals surface area contributed by atoms with Crippen LogP contribution in [0.15, 0.2) is 28.7 Å². The lowest BCUT2D eigenvalue weighted by molar-refractivity contribution is 0.520.